The molecule has 1 fully saturated rings. The van der Waals surface area contributed by atoms with E-state index in [4.69, 9.17) is 4.74 Å². The van der Waals surface area contributed by atoms with Crippen LogP contribution in [0.25, 0.3) is 0 Å². The fourth-order valence-corrected chi connectivity index (χ4v) is 0.803. The molecule has 0 amide bonds. The summed E-state index contributed by atoms with van der Waals surface area (Å²) in [6, 6.07) is 0. The SMILES string of the molecule is CC1(C)COC(=O)C1(C)O. The van der Waals surface area contributed by atoms with E-state index in [2.05, 4.69) is 0 Å². The van der Waals surface area contributed by atoms with E-state index >= 15 is 0 Å². The molecular weight excluding hydrogens is 132 g/mol. The van der Waals surface area contributed by atoms with Gasteiger partial charge >= 0.3 is 5.97 Å². The molecule has 3 heteroatoms. The van der Waals surface area contributed by atoms with Crippen LogP contribution in [-0.4, -0.2) is 23.3 Å². The zero-order valence-corrected chi connectivity index (χ0v) is 6.47. The van der Waals surface area contributed by atoms with E-state index in [1.54, 1.807) is 13.8 Å². The predicted octanol–water partition coefficient (Wildman–Crippen LogP) is 0.320. The third kappa shape index (κ3) is 0.736. The van der Waals surface area contributed by atoms with E-state index < -0.39 is 17.0 Å². The quantitative estimate of drug-likeness (QED) is 0.498. The average molecular weight is 144 g/mol. The Labute approximate surface area is 60.0 Å². The molecule has 10 heavy (non-hydrogen) atoms. The molecule has 1 unspecified atom stereocenters. The van der Waals surface area contributed by atoms with Crippen LogP contribution >= 0.6 is 0 Å². The van der Waals surface area contributed by atoms with Crippen LogP contribution < -0.4 is 0 Å². The van der Waals surface area contributed by atoms with Crippen molar-refractivity contribution in [1.82, 2.24) is 0 Å². The first-order chi connectivity index (χ1) is 4.38. The van der Waals surface area contributed by atoms with Crippen molar-refractivity contribution >= 4 is 5.97 Å². The first-order valence-corrected chi connectivity index (χ1v) is 3.27. The Bertz CT molecular complexity index is 170. The largest absolute Gasteiger partial charge is 0.463 e. The molecule has 3 nitrogen and oxygen atoms in total. The molecular formula is C7H12O3. The van der Waals surface area contributed by atoms with Crippen molar-refractivity contribution < 1.29 is 14.6 Å². The van der Waals surface area contributed by atoms with Gasteiger partial charge < -0.3 is 9.84 Å². The van der Waals surface area contributed by atoms with Gasteiger partial charge in [0.15, 0.2) is 5.60 Å². The minimum absolute atomic E-state index is 0.304. The van der Waals surface area contributed by atoms with E-state index in [-0.39, 0.29) is 0 Å². The number of carbonyl (C=O) groups excluding carboxylic acids is 1. The third-order valence-electron chi connectivity index (χ3n) is 2.28. The highest BCUT2D eigenvalue weighted by molar-refractivity contribution is 5.81. The number of ether oxygens (including phenoxy) is 1. The number of hydrogen-bond acceptors (Lipinski definition) is 3. The number of carbonyl (C=O) groups is 1. The summed E-state index contributed by atoms with van der Waals surface area (Å²) < 4.78 is 4.69. The van der Waals surface area contributed by atoms with E-state index in [1.807, 2.05) is 0 Å². The van der Waals surface area contributed by atoms with Crippen molar-refractivity contribution in [3.63, 3.8) is 0 Å². The summed E-state index contributed by atoms with van der Waals surface area (Å²) in [7, 11) is 0. The highest BCUT2D eigenvalue weighted by Gasteiger charge is 2.53. The summed E-state index contributed by atoms with van der Waals surface area (Å²) in [4.78, 5) is 10.8. The monoisotopic (exact) mass is 144 g/mol. The first-order valence-electron chi connectivity index (χ1n) is 3.27. The van der Waals surface area contributed by atoms with Crippen LogP contribution in [0.2, 0.25) is 0 Å². The second kappa shape index (κ2) is 1.72. The standard InChI is InChI=1S/C7H12O3/c1-6(2)4-10-5(8)7(6,3)9/h9H,4H2,1-3H3. The van der Waals surface area contributed by atoms with E-state index in [1.165, 1.54) is 6.92 Å². The third-order valence-corrected chi connectivity index (χ3v) is 2.28. The van der Waals surface area contributed by atoms with Gasteiger partial charge in [-0.05, 0) is 6.92 Å². The highest BCUT2D eigenvalue weighted by Crippen LogP contribution is 2.37. The molecule has 1 rings (SSSR count). The molecule has 0 aromatic rings. The molecule has 1 saturated heterocycles. The van der Waals surface area contributed by atoms with Crippen LogP contribution in [0.1, 0.15) is 20.8 Å². The van der Waals surface area contributed by atoms with Crippen molar-refractivity contribution in [3.05, 3.63) is 0 Å². The van der Waals surface area contributed by atoms with E-state index in [9.17, 15) is 9.90 Å². The van der Waals surface area contributed by atoms with Gasteiger partial charge in [0.25, 0.3) is 0 Å². The van der Waals surface area contributed by atoms with Gasteiger partial charge in [-0.3, -0.25) is 0 Å². The van der Waals surface area contributed by atoms with Crippen LogP contribution in [0.4, 0.5) is 0 Å². The number of hydrogen-bond donors (Lipinski definition) is 1. The Morgan fingerprint density at radius 3 is 2.10 bits per heavy atom. The molecule has 0 aromatic carbocycles. The van der Waals surface area contributed by atoms with Crippen LogP contribution in [0.3, 0.4) is 0 Å². The van der Waals surface area contributed by atoms with Gasteiger partial charge in [-0.1, -0.05) is 13.8 Å². The average Bonchev–Trinajstić information content (AvgIpc) is 1.94. The van der Waals surface area contributed by atoms with Crippen molar-refractivity contribution in [2.24, 2.45) is 5.41 Å². The molecule has 0 saturated carbocycles. The van der Waals surface area contributed by atoms with Crippen molar-refractivity contribution in [1.29, 1.82) is 0 Å². The molecule has 1 aliphatic heterocycles. The maximum Gasteiger partial charge on any atom is 0.338 e. The minimum Gasteiger partial charge on any atom is -0.463 e. The van der Waals surface area contributed by atoms with Crippen molar-refractivity contribution in [2.75, 3.05) is 6.61 Å². The van der Waals surface area contributed by atoms with Crippen LogP contribution in [-0.2, 0) is 9.53 Å². The molecule has 58 valence electrons. The molecule has 0 spiro atoms. The lowest BCUT2D eigenvalue weighted by atomic mass is 9.79. The van der Waals surface area contributed by atoms with Gasteiger partial charge in [-0.2, -0.15) is 0 Å². The number of cyclic esters (lactones) is 1. The maximum absolute atomic E-state index is 10.8. The summed E-state index contributed by atoms with van der Waals surface area (Å²) >= 11 is 0. The van der Waals surface area contributed by atoms with Gasteiger partial charge in [0.2, 0.25) is 0 Å². The maximum atomic E-state index is 10.8. The number of rotatable bonds is 0. The highest BCUT2D eigenvalue weighted by atomic mass is 16.6. The van der Waals surface area contributed by atoms with Crippen LogP contribution in [0.5, 0.6) is 0 Å². The molecule has 1 aliphatic rings. The van der Waals surface area contributed by atoms with Crippen LogP contribution in [0, 0.1) is 5.41 Å². The molecule has 0 bridgehead atoms. The summed E-state index contributed by atoms with van der Waals surface area (Å²) in [6.07, 6.45) is 0. The second-order valence-corrected chi connectivity index (χ2v) is 3.53. The summed E-state index contributed by atoms with van der Waals surface area (Å²) in [5, 5.41) is 9.52. The summed E-state index contributed by atoms with van der Waals surface area (Å²) in [5.41, 5.74) is -1.77. The zero-order chi connectivity index (χ0) is 7.99. The van der Waals surface area contributed by atoms with Crippen molar-refractivity contribution in [2.45, 2.75) is 26.4 Å². The van der Waals surface area contributed by atoms with Crippen LogP contribution in [0.15, 0.2) is 0 Å². The first kappa shape index (κ1) is 7.54. The lowest BCUT2D eigenvalue weighted by Crippen LogP contribution is -2.43. The fraction of sp³-hybridized carbons (Fsp3) is 0.857. The molecule has 0 radical (unpaired) electrons. The lowest BCUT2D eigenvalue weighted by molar-refractivity contribution is -0.154. The van der Waals surface area contributed by atoms with Gasteiger partial charge in [-0.25, -0.2) is 4.79 Å². The summed E-state index contributed by atoms with van der Waals surface area (Å²) in [5.74, 6) is -0.516. The molecule has 1 heterocycles. The Kier molecular flexibility index (Phi) is 1.30. The zero-order valence-electron chi connectivity index (χ0n) is 6.47. The molecule has 1 atom stereocenters. The summed E-state index contributed by atoms with van der Waals surface area (Å²) in [6.45, 7) is 5.40. The number of aliphatic hydroxyl groups is 1. The normalized spacial score (nSPS) is 37.8. The topological polar surface area (TPSA) is 46.5 Å². The van der Waals surface area contributed by atoms with Gasteiger partial charge in [0, 0.05) is 5.41 Å². The smallest absolute Gasteiger partial charge is 0.338 e. The second-order valence-electron chi connectivity index (χ2n) is 3.53. The molecule has 0 aromatic heterocycles. The Morgan fingerprint density at radius 1 is 1.50 bits per heavy atom. The van der Waals surface area contributed by atoms with Gasteiger partial charge in [0.05, 0.1) is 6.61 Å². The Morgan fingerprint density at radius 2 is 2.00 bits per heavy atom. The van der Waals surface area contributed by atoms with Gasteiger partial charge in [0.1, 0.15) is 0 Å². The lowest BCUT2D eigenvalue weighted by Gasteiger charge is -2.26. The Balaban J connectivity index is 2.95. The minimum atomic E-state index is -1.31. The fourth-order valence-electron chi connectivity index (χ4n) is 0.803. The van der Waals surface area contributed by atoms with Crippen molar-refractivity contribution in [3.8, 4) is 0 Å². The molecule has 0 aliphatic carbocycles. The molecule has 1 N–H and O–H groups in total. The predicted molar refractivity (Wildman–Crippen MR) is 35.4 cm³/mol. The Hall–Kier alpha value is -0.570. The van der Waals surface area contributed by atoms with Gasteiger partial charge in [-0.15, -0.1) is 0 Å². The van der Waals surface area contributed by atoms with E-state index in [0.717, 1.165) is 0 Å². The number of esters is 1. The van der Waals surface area contributed by atoms with E-state index in [0.29, 0.717) is 6.61 Å².